The Morgan fingerprint density at radius 2 is 2.45 bits per heavy atom. The van der Waals surface area contributed by atoms with Crippen LogP contribution in [0.1, 0.15) is 19.8 Å². The van der Waals surface area contributed by atoms with Crippen molar-refractivity contribution in [2.45, 2.75) is 25.4 Å². The van der Waals surface area contributed by atoms with Crippen LogP contribution in [-0.4, -0.2) is 22.0 Å². The molecule has 11 heavy (non-hydrogen) atoms. The van der Waals surface area contributed by atoms with Crippen LogP contribution < -0.4 is 0 Å². The van der Waals surface area contributed by atoms with Crippen molar-refractivity contribution in [3.8, 4) is 0 Å². The Balaban J connectivity index is 2.93. The molecule has 1 aliphatic rings. The highest BCUT2D eigenvalue weighted by atomic mass is 16.7. The molecule has 0 aromatic rings. The molecule has 1 rings (SSSR count). The average Bonchev–Trinajstić information content (AvgIpc) is 2.32. The maximum absolute atomic E-state index is 10.9. The Hall–Kier alpha value is -1.20. The lowest BCUT2D eigenvalue weighted by Gasteiger charge is -2.13. The fraction of sp³-hybridized carbons (Fsp3) is 1.00. The summed E-state index contributed by atoms with van der Waals surface area (Å²) >= 11 is 0. The molecule has 6 heteroatoms. The van der Waals surface area contributed by atoms with Gasteiger partial charge in [0.15, 0.2) is 0 Å². The van der Waals surface area contributed by atoms with Crippen LogP contribution in [0.3, 0.4) is 0 Å². The highest BCUT2D eigenvalue weighted by Gasteiger charge is 2.54. The molecule has 0 bridgehead atoms. The third-order valence-corrected chi connectivity index (χ3v) is 2.00. The van der Waals surface area contributed by atoms with Gasteiger partial charge in [-0.15, -0.1) is 0 Å². The van der Waals surface area contributed by atoms with E-state index in [1.54, 1.807) is 6.92 Å². The van der Waals surface area contributed by atoms with Gasteiger partial charge in [-0.05, 0) is 9.97 Å². The number of rotatable bonds is 2. The molecule has 62 valence electrons. The third kappa shape index (κ3) is 0.941. The molecule has 0 aliphatic carbocycles. The summed E-state index contributed by atoms with van der Waals surface area (Å²) in [5, 5.41) is 24.8. The van der Waals surface area contributed by atoms with Crippen LogP contribution in [0.5, 0.6) is 0 Å². The summed E-state index contributed by atoms with van der Waals surface area (Å²) in [6.07, 6.45) is 0.424. The zero-order valence-electron chi connectivity index (χ0n) is 6.19. The molecular weight excluding hydrogens is 150 g/mol. The number of hydrogen-bond donors (Lipinski definition) is 0. The maximum atomic E-state index is 10.9. The average molecular weight is 159 g/mol. The fourth-order valence-corrected chi connectivity index (χ4v) is 1.15. The molecule has 0 spiro atoms. The van der Waals surface area contributed by atoms with Crippen molar-refractivity contribution in [3.63, 3.8) is 0 Å². The molecule has 1 atom stereocenters. The van der Waals surface area contributed by atoms with E-state index in [1.807, 2.05) is 0 Å². The molecule has 0 aromatic carbocycles. The van der Waals surface area contributed by atoms with E-state index in [0.29, 0.717) is 0 Å². The lowest BCUT2D eigenvalue weighted by atomic mass is 10.1. The van der Waals surface area contributed by atoms with Crippen molar-refractivity contribution in [2.75, 3.05) is 6.54 Å². The van der Waals surface area contributed by atoms with Crippen molar-refractivity contribution in [1.29, 1.82) is 0 Å². The summed E-state index contributed by atoms with van der Waals surface area (Å²) in [5.74, 6) is 0. The van der Waals surface area contributed by atoms with Crippen LogP contribution in [0.4, 0.5) is 0 Å². The number of nitro groups is 1. The van der Waals surface area contributed by atoms with E-state index in [1.165, 1.54) is 0 Å². The molecule has 1 heterocycles. The molecule has 1 aliphatic heterocycles. The Bertz CT molecular complexity index is 215. The normalized spacial score (nSPS) is 30.1. The van der Waals surface area contributed by atoms with E-state index in [-0.39, 0.29) is 24.2 Å². The minimum Gasteiger partial charge on any atom is -0.594 e. The number of azo groups is 1. The SMILES string of the molecule is CCC1([N+](=O)[O-])CCN=[N+]1[O-]. The lowest BCUT2D eigenvalue weighted by Crippen LogP contribution is -2.43. The molecule has 0 radical (unpaired) electrons. The van der Waals surface area contributed by atoms with E-state index >= 15 is 0 Å². The van der Waals surface area contributed by atoms with E-state index in [4.69, 9.17) is 0 Å². The van der Waals surface area contributed by atoms with Gasteiger partial charge in [-0.2, -0.15) is 0 Å². The van der Waals surface area contributed by atoms with Crippen LogP contribution in [0.25, 0.3) is 0 Å². The van der Waals surface area contributed by atoms with E-state index in [2.05, 4.69) is 5.11 Å². The van der Waals surface area contributed by atoms with Crippen LogP contribution in [0, 0.1) is 15.3 Å². The smallest absolute Gasteiger partial charge is 0.439 e. The highest BCUT2D eigenvalue weighted by Crippen LogP contribution is 2.25. The van der Waals surface area contributed by atoms with Crippen molar-refractivity contribution in [3.05, 3.63) is 15.3 Å². The minimum absolute atomic E-state index is 0.201. The molecule has 6 nitrogen and oxygen atoms in total. The molecule has 0 saturated heterocycles. The second-order valence-corrected chi connectivity index (χ2v) is 2.48. The first kappa shape index (κ1) is 7.90. The van der Waals surface area contributed by atoms with Crippen LogP contribution >= 0.6 is 0 Å². The van der Waals surface area contributed by atoms with Crippen LogP contribution in [0.15, 0.2) is 5.11 Å². The molecule has 0 fully saturated rings. The topological polar surface area (TPSA) is 81.6 Å². The predicted molar refractivity (Wildman–Crippen MR) is 35.6 cm³/mol. The fourth-order valence-electron chi connectivity index (χ4n) is 1.15. The number of hydrogen-bond acceptors (Lipinski definition) is 4. The van der Waals surface area contributed by atoms with Gasteiger partial charge in [0.25, 0.3) is 0 Å². The summed E-state index contributed by atoms with van der Waals surface area (Å²) in [7, 11) is 0. The van der Waals surface area contributed by atoms with Crippen molar-refractivity contribution in [2.24, 2.45) is 5.11 Å². The Morgan fingerprint density at radius 1 is 1.82 bits per heavy atom. The summed E-state index contributed by atoms with van der Waals surface area (Å²) < 4.78 is 0. The first-order valence-corrected chi connectivity index (χ1v) is 3.43. The van der Waals surface area contributed by atoms with Crippen LogP contribution in [-0.2, 0) is 0 Å². The zero-order chi connectivity index (χ0) is 8.48. The minimum atomic E-state index is -1.47. The Kier molecular flexibility index (Phi) is 1.76. The van der Waals surface area contributed by atoms with Gasteiger partial charge < -0.3 is 5.21 Å². The largest absolute Gasteiger partial charge is 0.594 e. The second-order valence-electron chi connectivity index (χ2n) is 2.48. The zero-order valence-corrected chi connectivity index (χ0v) is 6.19. The maximum Gasteiger partial charge on any atom is 0.439 e. The van der Waals surface area contributed by atoms with Gasteiger partial charge in [0, 0.05) is 0 Å². The van der Waals surface area contributed by atoms with E-state index in [0.717, 1.165) is 0 Å². The van der Waals surface area contributed by atoms with E-state index in [9.17, 15) is 15.3 Å². The first-order valence-electron chi connectivity index (χ1n) is 3.43. The van der Waals surface area contributed by atoms with Gasteiger partial charge in [-0.1, -0.05) is 6.92 Å². The van der Waals surface area contributed by atoms with Gasteiger partial charge in [0.2, 0.25) is 0 Å². The molecule has 0 aromatic heterocycles. The number of hydroxylamine groups is 1. The standard InChI is InChI=1S/C5H9N3O3/c1-2-5(8(10)11)3-4-6-7(5)9/h2-4H2,1H3. The lowest BCUT2D eigenvalue weighted by molar-refractivity contribution is -0.805. The van der Waals surface area contributed by atoms with Gasteiger partial charge in [0.05, 0.1) is 11.3 Å². The summed E-state index contributed by atoms with van der Waals surface area (Å²) in [6.45, 7) is 1.88. The predicted octanol–water partition coefficient (Wildman–Crippen LogP) is 0.736. The Morgan fingerprint density at radius 3 is 2.64 bits per heavy atom. The highest BCUT2D eigenvalue weighted by molar-refractivity contribution is 4.68. The molecule has 1 unspecified atom stereocenters. The van der Waals surface area contributed by atoms with Crippen molar-refractivity contribution < 1.29 is 9.78 Å². The monoisotopic (exact) mass is 159 g/mol. The number of nitrogens with zero attached hydrogens (tertiary/aromatic N) is 3. The summed E-state index contributed by atoms with van der Waals surface area (Å²) in [6, 6.07) is 0. The quantitative estimate of drug-likeness (QED) is 0.258. The van der Waals surface area contributed by atoms with Crippen molar-refractivity contribution in [1.82, 2.24) is 0 Å². The third-order valence-electron chi connectivity index (χ3n) is 2.00. The first-order chi connectivity index (χ1) is 5.13. The summed E-state index contributed by atoms with van der Waals surface area (Å²) in [5.41, 5.74) is -1.47. The molecule has 0 saturated carbocycles. The van der Waals surface area contributed by atoms with Gasteiger partial charge in [-0.3, -0.25) is 10.1 Å². The van der Waals surface area contributed by atoms with Crippen LogP contribution in [0.2, 0.25) is 0 Å². The van der Waals surface area contributed by atoms with E-state index < -0.39 is 10.6 Å². The van der Waals surface area contributed by atoms with Gasteiger partial charge >= 0.3 is 5.66 Å². The molecular formula is C5H9N3O3. The second kappa shape index (κ2) is 2.44. The summed E-state index contributed by atoms with van der Waals surface area (Å²) in [4.78, 5) is 10.2. The Labute approximate surface area is 63.3 Å². The molecule has 0 amide bonds. The van der Waals surface area contributed by atoms with Gasteiger partial charge in [0.1, 0.15) is 13.0 Å². The van der Waals surface area contributed by atoms with Crippen molar-refractivity contribution >= 4 is 0 Å². The molecule has 0 N–H and O–H groups in total. The van der Waals surface area contributed by atoms with Gasteiger partial charge in [-0.25, -0.2) is 0 Å².